The Kier molecular flexibility index (Phi) is 4.89. The van der Waals surface area contributed by atoms with Crippen LogP contribution in [0.2, 0.25) is 0 Å². The third-order valence-corrected chi connectivity index (χ3v) is 4.22. The molecule has 2 aromatic rings. The van der Waals surface area contributed by atoms with Crippen molar-refractivity contribution in [1.29, 1.82) is 0 Å². The van der Waals surface area contributed by atoms with Gasteiger partial charge in [-0.2, -0.15) is 0 Å². The molecule has 0 aromatic heterocycles. The Morgan fingerprint density at radius 1 is 1.12 bits per heavy atom. The zero-order chi connectivity index (χ0) is 16.9. The van der Waals surface area contributed by atoms with Crippen molar-refractivity contribution in [2.75, 3.05) is 18.0 Å². The number of hydrogen-bond donors (Lipinski definition) is 1. The first-order valence-corrected chi connectivity index (χ1v) is 8.04. The zero-order valence-corrected chi connectivity index (χ0v) is 13.2. The van der Waals surface area contributed by atoms with Crippen LogP contribution in [0.4, 0.5) is 10.1 Å². The van der Waals surface area contributed by atoms with Crippen molar-refractivity contribution in [1.82, 2.24) is 5.32 Å². The molecule has 0 radical (unpaired) electrons. The molecule has 124 valence electrons. The van der Waals surface area contributed by atoms with E-state index >= 15 is 0 Å². The normalized spacial score (nSPS) is 17.1. The molecule has 2 amide bonds. The van der Waals surface area contributed by atoms with Crippen molar-refractivity contribution in [3.63, 3.8) is 0 Å². The van der Waals surface area contributed by atoms with Crippen molar-refractivity contribution in [3.05, 3.63) is 66.0 Å². The lowest BCUT2D eigenvalue weighted by molar-refractivity contribution is -0.132. The van der Waals surface area contributed by atoms with E-state index < -0.39 is 5.92 Å². The third-order valence-electron chi connectivity index (χ3n) is 4.22. The molecule has 3 rings (SSSR count). The van der Waals surface area contributed by atoms with Crippen molar-refractivity contribution in [2.24, 2.45) is 5.92 Å². The predicted molar refractivity (Wildman–Crippen MR) is 90.0 cm³/mol. The number of rotatable bonds is 5. The van der Waals surface area contributed by atoms with Gasteiger partial charge < -0.3 is 10.2 Å². The van der Waals surface area contributed by atoms with Crippen LogP contribution in [0.5, 0.6) is 0 Å². The predicted octanol–water partition coefficient (Wildman–Crippen LogP) is 2.54. The Morgan fingerprint density at radius 2 is 1.83 bits per heavy atom. The van der Waals surface area contributed by atoms with Crippen molar-refractivity contribution < 1.29 is 14.0 Å². The van der Waals surface area contributed by atoms with Gasteiger partial charge in [-0.15, -0.1) is 0 Å². The van der Waals surface area contributed by atoms with Crippen LogP contribution in [0, 0.1) is 11.7 Å². The van der Waals surface area contributed by atoms with E-state index in [4.69, 9.17) is 0 Å². The molecule has 1 aliphatic heterocycles. The first-order valence-electron chi connectivity index (χ1n) is 8.04. The maximum Gasteiger partial charge on any atom is 0.239 e. The fraction of sp³-hybridized carbons (Fsp3) is 0.263. The summed E-state index contributed by atoms with van der Waals surface area (Å²) in [4.78, 5) is 26.2. The number of amides is 2. The summed E-state index contributed by atoms with van der Waals surface area (Å²) in [6.45, 7) is 0.977. The molecule has 1 N–H and O–H groups in total. The average molecular weight is 326 g/mol. The van der Waals surface area contributed by atoms with Crippen LogP contribution in [0.3, 0.4) is 0 Å². The molecular formula is C19H19FN2O2. The van der Waals surface area contributed by atoms with Crippen LogP contribution in [-0.2, 0) is 16.0 Å². The second kappa shape index (κ2) is 7.25. The minimum Gasteiger partial charge on any atom is -0.355 e. The summed E-state index contributed by atoms with van der Waals surface area (Å²) in [5.74, 6) is -1.47. The molecule has 0 saturated carbocycles. The standard InChI is InChI=1S/C19H19FN2O2/c20-15-6-8-16(9-7-15)22-13-11-17(19(22)24)18(23)21-12-10-14-4-2-1-3-5-14/h1-9,17H,10-13H2,(H,21,23). The molecule has 1 saturated heterocycles. The monoisotopic (exact) mass is 326 g/mol. The summed E-state index contributed by atoms with van der Waals surface area (Å²) in [6, 6.07) is 15.6. The van der Waals surface area contributed by atoms with Gasteiger partial charge in [-0.3, -0.25) is 9.59 Å². The Labute approximate surface area is 140 Å². The van der Waals surface area contributed by atoms with Gasteiger partial charge in [-0.1, -0.05) is 30.3 Å². The van der Waals surface area contributed by atoms with Crippen LogP contribution in [0.15, 0.2) is 54.6 Å². The highest BCUT2D eigenvalue weighted by atomic mass is 19.1. The summed E-state index contributed by atoms with van der Waals surface area (Å²) >= 11 is 0. The maximum absolute atomic E-state index is 13.0. The SMILES string of the molecule is O=C(NCCc1ccccc1)C1CCN(c2ccc(F)cc2)C1=O. The smallest absolute Gasteiger partial charge is 0.239 e. The van der Waals surface area contributed by atoms with E-state index in [1.807, 2.05) is 30.3 Å². The van der Waals surface area contributed by atoms with E-state index in [0.717, 1.165) is 12.0 Å². The van der Waals surface area contributed by atoms with Crippen LogP contribution in [-0.4, -0.2) is 24.9 Å². The second-order valence-electron chi connectivity index (χ2n) is 5.83. The van der Waals surface area contributed by atoms with Gasteiger partial charge in [0.1, 0.15) is 11.7 Å². The number of halogens is 1. The number of anilines is 1. The van der Waals surface area contributed by atoms with E-state index in [1.54, 1.807) is 17.0 Å². The minimum atomic E-state index is -0.661. The quantitative estimate of drug-likeness (QED) is 0.859. The lowest BCUT2D eigenvalue weighted by Crippen LogP contribution is -2.37. The molecule has 1 atom stereocenters. The largest absolute Gasteiger partial charge is 0.355 e. The molecule has 2 aromatic carbocycles. The fourth-order valence-electron chi connectivity index (χ4n) is 2.90. The van der Waals surface area contributed by atoms with E-state index in [9.17, 15) is 14.0 Å². The highest BCUT2D eigenvalue weighted by molar-refractivity contribution is 6.09. The van der Waals surface area contributed by atoms with Gasteiger partial charge in [0.15, 0.2) is 0 Å². The number of benzene rings is 2. The highest BCUT2D eigenvalue weighted by Gasteiger charge is 2.37. The Bertz CT molecular complexity index is 716. The number of carbonyl (C=O) groups excluding carboxylic acids is 2. The van der Waals surface area contributed by atoms with Gasteiger partial charge in [0.2, 0.25) is 11.8 Å². The van der Waals surface area contributed by atoms with Gasteiger partial charge in [-0.25, -0.2) is 4.39 Å². The number of nitrogens with zero attached hydrogens (tertiary/aromatic N) is 1. The van der Waals surface area contributed by atoms with E-state index in [-0.39, 0.29) is 17.6 Å². The molecule has 4 nitrogen and oxygen atoms in total. The molecule has 1 heterocycles. The van der Waals surface area contributed by atoms with Crippen LogP contribution < -0.4 is 10.2 Å². The highest BCUT2D eigenvalue weighted by Crippen LogP contribution is 2.25. The Morgan fingerprint density at radius 3 is 2.54 bits per heavy atom. The topological polar surface area (TPSA) is 49.4 Å². The second-order valence-corrected chi connectivity index (χ2v) is 5.83. The van der Waals surface area contributed by atoms with Gasteiger partial charge in [0, 0.05) is 18.8 Å². The van der Waals surface area contributed by atoms with E-state index in [0.29, 0.717) is 25.2 Å². The average Bonchev–Trinajstić information content (AvgIpc) is 2.98. The molecule has 0 spiro atoms. The number of nitrogens with one attached hydrogen (secondary N) is 1. The van der Waals surface area contributed by atoms with E-state index in [2.05, 4.69) is 5.32 Å². The molecule has 1 fully saturated rings. The third kappa shape index (κ3) is 3.62. The van der Waals surface area contributed by atoms with Crippen molar-refractivity contribution >= 4 is 17.5 Å². The van der Waals surface area contributed by atoms with Gasteiger partial charge in [-0.05, 0) is 42.7 Å². The molecule has 5 heteroatoms. The molecule has 24 heavy (non-hydrogen) atoms. The summed E-state index contributed by atoms with van der Waals surface area (Å²) in [5, 5.41) is 2.84. The van der Waals surface area contributed by atoms with Crippen LogP contribution in [0.25, 0.3) is 0 Å². The van der Waals surface area contributed by atoms with Crippen molar-refractivity contribution in [2.45, 2.75) is 12.8 Å². The molecular weight excluding hydrogens is 307 g/mol. The molecule has 0 bridgehead atoms. The first kappa shape index (κ1) is 16.2. The Hall–Kier alpha value is -2.69. The van der Waals surface area contributed by atoms with Gasteiger partial charge >= 0.3 is 0 Å². The molecule has 1 unspecified atom stereocenters. The summed E-state index contributed by atoms with van der Waals surface area (Å²) in [5.41, 5.74) is 1.77. The number of carbonyl (C=O) groups is 2. The molecule has 1 aliphatic rings. The summed E-state index contributed by atoms with van der Waals surface area (Å²) in [7, 11) is 0. The van der Waals surface area contributed by atoms with Crippen LogP contribution in [0.1, 0.15) is 12.0 Å². The minimum absolute atomic E-state index is 0.223. The fourth-order valence-corrected chi connectivity index (χ4v) is 2.90. The lowest BCUT2D eigenvalue weighted by atomic mass is 10.1. The van der Waals surface area contributed by atoms with Gasteiger partial charge in [0.05, 0.1) is 0 Å². The summed E-state index contributed by atoms with van der Waals surface area (Å²) in [6.07, 6.45) is 1.21. The lowest BCUT2D eigenvalue weighted by Gasteiger charge is -2.16. The molecule has 0 aliphatic carbocycles. The Balaban J connectivity index is 1.54. The first-order chi connectivity index (χ1) is 11.6. The van der Waals surface area contributed by atoms with Crippen molar-refractivity contribution in [3.8, 4) is 0 Å². The van der Waals surface area contributed by atoms with E-state index in [1.165, 1.54) is 12.1 Å². The van der Waals surface area contributed by atoms with Gasteiger partial charge in [0.25, 0.3) is 0 Å². The van der Waals surface area contributed by atoms with Crippen LogP contribution >= 0.6 is 0 Å². The summed E-state index contributed by atoms with van der Waals surface area (Å²) < 4.78 is 13.0. The maximum atomic E-state index is 13.0. The number of hydrogen-bond acceptors (Lipinski definition) is 2. The zero-order valence-electron chi connectivity index (χ0n) is 13.2.